The summed E-state index contributed by atoms with van der Waals surface area (Å²) in [6.45, 7) is 1.06. The third-order valence-electron chi connectivity index (χ3n) is 3.77. The molecule has 2 heterocycles. The van der Waals surface area contributed by atoms with E-state index in [9.17, 15) is 9.59 Å². The minimum absolute atomic E-state index is 0.142. The molecule has 2 aliphatic rings. The minimum atomic E-state index is -0.359. The molecule has 0 unspecified atom stereocenters. The Morgan fingerprint density at radius 3 is 2.91 bits per heavy atom. The molecule has 1 atom stereocenters. The van der Waals surface area contributed by atoms with E-state index in [0.717, 1.165) is 5.56 Å². The van der Waals surface area contributed by atoms with E-state index in [0.29, 0.717) is 36.0 Å². The van der Waals surface area contributed by atoms with Crippen molar-refractivity contribution in [2.24, 2.45) is 11.7 Å². The smallest absolute Gasteiger partial charge is 0.246 e. The molecule has 1 fully saturated rings. The SMILES string of the molecule is NC(=O)[C@@H]1CCN(C(=O)/C=C\c2cc(Cl)c3c(c2)OCO3)C1. The molecular weight excluding hydrogens is 308 g/mol. The highest BCUT2D eigenvalue weighted by Crippen LogP contribution is 2.40. The quantitative estimate of drug-likeness (QED) is 0.853. The highest BCUT2D eigenvalue weighted by molar-refractivity contribution is 6.32. The Labute approximate surface area is 132 Å². The fourth-order valence-electron chi connectivity index (χ4n) is 2.55. The van der Waals surface area contributed by atoms with Crippen molar-refractivity contribution < 1.29 is 19.1 Å². The van der Waals surface area contributed by atoms with Gasteiger partial charge in [-0.15, -0.1) is 0 Å². The molecule has 0 saturated carbocycles. The second-order valence-corrected chi connectivity index (χ2v) is 5.65. The number of hydrogen-bond donors (Lipinski definition) is 1. The predicted octanol–water partition coefficient (Wildman–Crippen LogP) is 1.42. The van der Waals surface area contributed by atoms with Crippen LogP contribution in [0.2, 0.25) is 5.02 Å². The second kappa shape index (κ2) is 5.88. The fraction of sp³-hybridized carbons (Fsp3) is 0.333. The lowest BCUT2D eigenvalue weighted by atomic mass is 10.1. The highest BCUT2D eigenvalue weighted by Gasteiger charge is 2.28. The van der Waals surface area contributed by atoms with E-state index < -0.39 is 0 Å². The number of carbonyl (C=O) groups is 2. The van der Waals surface area contributed by atoms with Crippen LogP contribution < -0.4 is 15.2 Å². The molecule has 2 aliphatic heterocycles. The van der Waals surface area contributed by atoms with Gasteiger partial charge in [-0.25, -0.2) is 0 Å². The first-order valence-corrected chi connectivity index (χ1v) is 7.28. The first kappa shape index (κ1) is 14.7. The normalized spacial score (nSPS) is 19.9. The number of fused-ring (bicyclic) bond motifs is 1. The van der Waals surface area contributed by atoms with Gasteiger partial charge in [0.1, 0.15) is 0 Å². The van der Waals surface area contributed by atoms with Gasteiger partial charge in [0.25, 0.3) is 0 Å². The van der Waals surface area contributed by atoms with Gasteiger partial charge in [0.2, 0.25) is 18.6 Å². The summed E-state index contributed by atoms with van der Waals surface area (Å²) in [7, 11) is 0. The van der Waals surface area contributed by atoms with E-state index in [2.05, 4.69) is 0 Å². The van der Waals surface area contributed by atoms with Crippen LogP contribution in [0.15, 0.2) is 18.2 Å². The molecule has 3 rings (SSSR count). The first-order valence-electron chi connectivity index (χ1n) is 6.90. The molecular formula is C15H15ClN2O4. The zero-order chi connectivity index (χ0) is 15.7. The van der Waals surface area contributed by atoms with Crippen molar-refractivity contribution >= 4 is 29.5 Å². The van der Waals surface area contributed by atoms with Gasteiger partial charge in [-0.3, -0.25) is 9.59 Å². The first-order chi connectivity index (χ1) is 10.5. The Bertz CT molecular complexity index is 659. The van der Waals surface area contributed by atoms with Gasteiger partial charge in [0.05, 0.1) is 10.9 Å². The minimum Gasteiger partial charge on any atom is -0.454 e. The van der Waals surface area contributed by atoms with Crippen molar-refractivity contribution in [3.8, 4) is 11.5 Å². The summed E-state index contributed by atoms with van der Waals surface area (Å²) in [6.07, 6.45) is 3.73. The third-order valence-corrected chi connectivity index (χ3v) is 4.05. The Morgan fingerprint density at radius 1 is 1.36 bits per heavy atom. The Kier molecular flexibility index (Phi) is 3.94. The van der Waals surface area contributed by atoms with E-state index in [1.165, 1.54) is 6.08 Å². The monoisotopic (exact) mass is 322 g/mol. The molecule has 6 nitrogen and oxygen atoms in total. The molecule has 0 aliphatic carbocycles. The Balaban J connectivity index is 1.68. The predicted molar refractivity (Wildman–Crippen MR) is 80.5 cm³/mol. The van der Waals surface area contributed by atoms with E-state index >= 15 is 0 Å². The van der Waals surface area contributed by atoms with E-state index in [4.69, 9.17) is 26.8 Å². The molecule has 7 heteroatoms. The van der Waals surface area contributed by atoms with Crippen LogP contribution in [0.4, 0.5) is 0 Å². The molecule has 0 bridgehead atoms. The molecule has 0 aromatic heterocycles. The van der Waals surface area contributed by atoms with E-state index in [1.807, 2.05) is 0 Å². The summed E-state index contributed by atoms with van der Waals surface area (Å²) in [6, 6.07) is 3.46. The van der Waals surface area contributed by atoms with Gasteiger partial charge < -0.3 is 20.1 Å². The number of hydrogen-bond acceptors (Lipinski definition) is 4. The molecule has 1 saturated heterocycles. The number of likely N-dealkylation sites (tertiary alicyclic amines) is 1. The van der Waals surface area contributed by atoms with Crippen molar-refractivity contribution in [3.63, 3.8) is 0 Å². The zero-order valence-electron chi connectivity index (χ0n) is 11.8. The van der Waals surface area contributed by atoms with Crippen molar-refractivity contribution in [1.29, 1.82) is 0 Å². The van der Waals surface area contributed by atoms with Crippen LogP contribution >= 0.6 is 11.6 Å². The Morgan fingerprint density at radius 2 is 2.18 bits per heavy atom. The number of primary amides is 1. The van der Waals surface area contributed by atoms with Gasteiger partial charge in [-0.2, -0.15) is 0 Å². The van der Waals surface area contributed by atoms with Gasteiger partial charge in [0.15, 0.2) is 11.5 Å². The number of amides is 2. The van der Waals surface area contributed by atoms with Crippen molar-refractivity contribution in [2.45, 2.75) is 6.42 Å². The van der Waals surface area contributed by atoms with Crippen LogP contribution in [0.3, 0.4) is 0 Å². The lowest BCUT2D eigenvalue weighted by Crippen LogP contribution is -2.30. The van der Waals surface area contributed by atoms with Gasteiger partial charge in [0, 0.05) is 19.2 Å². The summed E-state index contributed by atoms with van der Waals surface area (Å²) in [5, 5.41) is 0.442. The number of carbonyl (C=O) groups excluding carboxylic acids is 2. The van der Waals surface area contributed by atoms with Crippen LogP contribution in [-0.2, 0) is 9.59 Å². The van der Waals surface area contributed by atoms with Crippen molar-refractivity contribution in [1.82, 2.24) is 4.90 Å². The van der Waals surface area contributed by atoms with Crippen LogP contribution in [0.1, 0.15) is 12.0 Å². The zero-order valence-corrected chi connectivity index (χ0v) is 12.5. The number of rotatable bonds is 3. The van der Waals surface area contributed by atoms with Crippen LogP contribution in [0, 0.1) is 5.92 Å². The summed E-state index contributed by atoms with van der Waals surface area (Å²) in [5.41, 5.74) is 6.00. The van der Waals surface area contributed by atoms with Gasteiger partial charge in [-0.05, 0) is 30.2 Å². The van der Waals surface area contributed by atoms with Crippen LogP contribution in [0.25, 0.3) is 6.08 Å². The molecule has 1 aromatic rings. The van der Waals surface area contributed by atoms with Crippen molar-refractivity contribution in [3.05, 3.63) is 28.8 Å². The van der Waals surface area contributed by atoms with Crippen LogP contribution in [0.5, 0.6) is 11.5 Å². The molecule has 22 heavy (non-hydrogen) atoms. The molecule has 0 spiro atoms. The molecule has 116 valence electrons. The molecule has 1 aromatic carbocycles. The Hall–Kier alpha value is -2.21. The average molecular weight is 323 g/mol. The topological polar surface area (TPSA) is 81.9 Å². The summed E-state index contributed by atoms with van der Waals surface area (Å²) < 4.78 is 10.5. The standard InChI is InChI=1S/C15H15ClN2O4/c16-11-5-9(6-12-14(11)22-8-21-12)1-2-13(19)18-4-3-10(7-18)15(17)20/h1-2,5-6,10H,3-4,7-8H2,(H2,17,20)/b2-1-/t10-/m1/s1. The van der Waals surface area contributed by atoms with E-state index in [-0.39, 0.29) is 24.5 Å². The van der Waals surface area contributed by atoms with Gasteiger partial charge >= 0.3 is 0 Å². The summed E-state index contributed by atoms with van der Waals surface area (Å²) >= 11 is 6.09. The molecule has 2 amide bonds. The number of nitrogens with two attached hydrogens (primary N) is 1. The largest absolute Gasteiger partial charge is 0.454 e. The maximum atomic E-state index is 12.1. The average Bonchev–Trinajstić information content (AvgIpc) is 3.13. The second-order valence-electron chi connectivity index (χ2n) is 5.24. The highest BCUT2D eigenvalue weighted by atomic mass is 35.5. The number of nitrogens with zero attached hydrogens (tertiary/aromatic N) is 1. The molecule has 2 N–H and O–H groups in total. The van der Waals surface area contributed by atoms with E-state index in [1.54, 1.807) is 23.1 Å². The van der Waals surface area contributed by atoms with Crippen molar-refractivity contribution in [2.75, 3.05) is 19.9 Å². The number of ether oxygens (including phenoxy) is 2. The maximum absolute atomic E-state index is 12.1. The fourth-order valence-corrected chi connectivity index (χ4v) is 2.82. The lowest BCUT2D eigenvalue weighted by molar-refractivity contribution is -0.125. The molecule has 0 radical (unpaired) electrons. The lowest BCUT2D eigenvalue weighted by Gasteiger charge is -2.13. The number of benzene rings is 1. The van der Waals surface area contributed by atoms with Gasteiger partial charge in [-0.1, -0.05) is 11.6 Å². The van der Waals surface area contributed by atoms with Crippen LogP contribution in [-0.4, -0.2) is 36.6 Å². The number of halogens is 1. The maximum Gasteiger partial charge on any atom is 0.246 e. The summed E-state index contributed by atoms with van der Waals surface area (Å²) in [4.78, 5) is 24.8. The summed E-state index contributed by atoms with van der Waals surface area (Å²) in [5.74, 6) is 0.320. The third kappa shape index (κ3) is 2.87.